The average Bonchev–Trinajstić information content (AvgIpc) is 2.80. The van der Waals surface area contributed by atoms with Crippen LogP contribution in [0.5, 0.6) is 0 Å². The predicted molar refractivity (Wildman–Crippen MR) is 64.5 cm³/mol. The van der Waals surface area contributed by atoms with Crippen molar-refractivity contribution in [1.29, 1.82) is 0 Å². The highest BCUT2D eigenvalue weighted by atomic mass is 16.5. The number of nitrogens with one attached hydrogen (secondary N) is 1. The maximum atomic E-state index is 12.1. The zero-order valence-electron chi connectivity index (χ0n) is 10.5. The minimum Gasteiger partial charge on any atom is -0.391 e. The van der Waals surface area contributed by atoms with Crippen LogP contribution < -0.4 is 5.32 Å². The third kappa shape index (κ3) is 2.99. The number of ether oxygens (including phenoxy) is 1. The van der Waals surface area contributed by atoms with Crippen LogP contribution in [-0.2, 0) is 9.53 Å². The van der Waals surface area contributed by atoms with E-state index in [0.29, 0.717) is 6.61 Å². The van der Waals surface area contributed by atoms with Gasteiger partial charge in [0.1, 0.15) is 0 Å². The highest BCUT2D eigenvalue weighted by molar-refractivity contribution is 5.79. The minimum absolute atomic E-state index is 0.0193. The molecule has 4 nitrogen and oxygen atoms in total. The molecule has 2 N–H and O–H groups in total. The summed E-state index contributed by atoms with van der Waals surface area (Å²) in [6.07, 6.45) is 5.27. The Morgan fingerprint density at radius 1 is 1.35 bits per heavy atom. The molecule has 17 heavy (non-hydrogen) atoms. The van der Waals surface area contributed by atoms with Gasteiger partial charge in [0.25, 0.3) is 0 Å². The standard InChI is InChI=1S/C13H23NO3/c1-2-12-9(7-8-17-12)13(16)14-10-5-3-4-6-11(10)15/h9-12,15H,2-8H2,1H3,(H,14,16)/t9?,10-,11-,12?/m0/s1. The molecule has 0 radical (unpaired) electrons. The zero-order valence-corrected chi connectivity index (χ0v) is 10.5. The molecule has 0 aromatic carbocycles. The smallest absolute Gasteiger partial charge is 0.226 e. The van der Waals surface area contributed by atoms with Gasteiger partial charge in [-0.1, -0.05) is 19.8 Å². The summed E-state index contributed by atoms with van der Waals surface area (Å²) in [5.74, 6) is 0.0504. The van der Waals surface area contributed by atoms with Crippen LogP contribution in [0, 0.1) is 5.92 Å². The molecule has 0 spiro atoms. The van der Waals surface area contributed by atoms with Crippen LogP contribution in [-0.4, -0.2) is 35.9 Å². The fourth-order valence-electron chi connectivity index (χ4n) is 2.92. The summed E-state index contributed by atoms with van der Waals surface area (Å²) in [7, 11) is 0. The molecular formula is C13H23NO3. The molecule has 2 rings (SSSR count). The van der Waals surface area contributed by atoms with E-state index in [2.05, 4.69) is 5.32 Å². The zero-order chi connectivity index (χ0) is 12.3. The first kappa shape index (κ1) is 12.8. The summed E-state index contributed by atoms with van der Waals surface area (Å²) in [6, 6.07) is -0.0469. The third-order valence-corrected chi connectivity index (χ3v) is 4.01. The Balaban J connectivity index is 1.87. The average molecular weight is 241 g/mol. The number of aliphatic hydroxyl groups is 1. The molecule has 98 valence electrons. The molecule has 2 unspecified atom stereocenters. The van der Waals surface area contributed by atoms with Crippen molar-refractivity contribution < 1.29 is 14.6 Å². The lowest BCUT2D eigenvalue weighted by atomic mass is 9.91. The lowest BCUT2D eigenvalue weighted by Crippen LogP contribution is -2.48. The lowest BCUT2D eigenvalue weighted by molar-refractivity contribution is -0.128. The number of amides is 1. The molecule has 1 aliphatic heterocycles. The van der Waals surface area contributed by atoms with Gasteiger partial charge in [0, 0.05) is 6.61 Å². The van der Waals surface area contributed by atoms with E-state index in [0.717, 1.165) is 38.5 Å². The van der Waals surface area contributed by atoms with Crippen molar-refractivity contribution in [2.45, 2.75) is 63.7 Å². The Morgan fingerprint density at radius 3 is 2.82 bits per heavy atom. The summed E-state index contributed by atoms with van der Waals surface area (Å²) in [6.45, 7) is 2.73. The van der Waals surface area contributed by atoms with Crippen molar-refractivity contribution >= 4 is 5.91 Å². The molecule has 0 bridgehead atoms. The van der Waals surface area contributed by atoms with E-state index >= 15 is 0 Å². The first-order chi connectivity index (χ1) is 8.22. The second kappa shape index (κ2) is 5.83. The molecule has 1 heterocycles. The van der Waals surface area contributed by atoms with E-state index in [1.165, 1.54) is 0 Å². The number of hydrogen-bond donors (Lipinski definition) is 2. The number of hydrogen-bond acceptors (Lipinski definition) is 3. The molecule has 1 amide bonds. The van der Waals surface area contributed by atoms with Crippen molar-refractivity contribution in [3.63, 3.8) is 0 Å². The Hall–Kier alpha value is -0.610. The van der Waals surface area contributed by atoms with Gasteiger partial charge >= 0.3 is 0 Å². The van der Waals surface area contributed by atoms with E-state index in [9.17, 15) is 9.90 Å². The van der Waals surface area contributed by atoms with E-state index < -0.39 is 0 Å². The molecule has 0 aromatic rings. The highest BCUT2D eigenvalue weighted by Gasteiger charge is 2.35. The van der Waals surface area contributed by atoms with Crippen LogP contribution in [0.25, 0.3) is 0 Å². The number of carbonyl (C=O) groups excluding carboxylic acids is 1. The maximum absolute atomic E-state index is 12.1. The number of carbonyl (C=O) groups is 1. The highest BCUT2D eigenvalue weighted by Crippen LogP contribution is 2.25. The van der Waals surface area contributed by atoms with Gasteiger partial charge in [-0.3, -0.25) is 4.79 Å². The van der Waals surface area contributed by atoms with E-state index in [1.807, 2.05) is 6.92 Å². The molecule has 4 heteroatoms. The van der Waals surface area contributed by atoms with Crippen LogP contribution in [0.1, 0.15) is 45.4 Å². The van der Waals surface area contributed by atoms with Crippen LogP contribution in [0.3, 0.4) is 0 Å². The van der Waals surface area contributed by atoms with Gasteiger partial charge in [0.05, 0.1) is 24.2 Å². The van der Waals surface area contributed by atoms with Crippen molar-refractivity contribution in [1.82, 2.24) is 5.32 Å². The van der Waals surface area contributed by atoms with Crippen molar-refractivity contribution in [2.75, 3.05) is 6.61 Å². The fraction of sp³-hybridized carbons (Fsp3) is 0.923. The molecular weight excluding hydrogens is 218 g/mol. The van der Waals surface area contributed by atoms with Gasteiger partial charge in [-0.15, -0.1) is 0 Å². The van der Waals surface area contributed by atoms with Gasteiger partial charge in [0.15, 0.2) is 0 Å². The van der Waals surface area contributed by atoms with E-state index in [-0.39, 0.29) is 30.1 Å². The number of aliphatic hydroxyl groups excluding tert-OH is 1. The van der Waals surface area contributed by atoms with Gasteiger partial charge in [-0.05, 0) is 25.7 Å². The first-order valence-electron chi connectivity index (χ1n) is 6.82. The second-order valence-corrected chi connectivity index (χ2v) is 5.18. The van der Waals surface area contributed by atoms with Crippen LogP contribution in [0.15, 0.2) is 0 Å². The Bertz CT molecular complexity index is 269. The van der Waals surface area contributed by atoms with Crippen LogP contribution in [0.4, 0.5) is 0 Å². The normalized spacial score (nSPS) is 38.0. The number of rotatable bonds is 3. The quantitative estimate of drug-likeness (QED) is 0.781. The summed E-state index contributed by atoms with van der Waals surface area (Å²) in [5.41, 5.74) is 0. The van der Waals surface area contributed by atoms with Gasteiger partial charge in [-0.25, -0.2) is 0 Å². The van der Waals surface area contributed by atoms with Crippen LogP contribution >= 0.6 is 0 Å². The first-order valence-corrected chi connectivity index (χ1v) is 6.82. The van der Waals surface area contributed by atoms with E-state index in [1.54, 1.807) is 0 Å². The molecule has 0 aromatic heterocycles. The van der Waals surface area contributed by atoms with Gasteiger partial charge < -0.3 is 15.2 Å². The minimum atomic E-state index is -0.366. The summed E-state index contributed by atoms with van der Waals surface area (Å²) < 4.78 is 5.53. The predicted octanol–water partition coefficient (Wildman–Crippen LogP) is 1.22. The summed E-state index contributed by atoms with van der Waals surface area (Å²) in [4.78, 5) is 12.1. The molecule has 1 saturated carbocycles. The van der Waals surface area contributed by atoms with Crippen molar-refractivity contribution in [2.24, 2.45) is 5.92 Å². The fourth-order valence-corrected chi connectivity index (χ4v) is 2.92. The molecule has 1 saturated heterocycles. The summed E-state index contributed by atoms with van der Waals surface area (Å²) >= 11 is 0. The topological polar surface area (TPSA) is 58.6 Å². The Kier molecular flexibility index (Phi) is 4.40. The molecule has 2 fully saturated rings. The van der Waals surface area contributed by atoms with Crippen LogP contribution in [0.2, 0.25) is 0 Å². The molecule has 1 aliphatic carbocycles. The second-order valence-electron chi connectivity index (χ2n) is 5.18. The Morgan fingerprint density at radius 2 is 2.12 bits per heavy atom. The molecule has 2 aliphatic rings. The maximum Gasteiger partial charge on any atom is 0.226 e. The monoisotopic (exact) mass is 241 g/mol. The summed E-state index contributed by atoms with van der Waals surface area (Å²) in [5, 5.41) is 12.8. The van der Waals surface area contributed by atoms with Gasteiger partial charge in [-0.2, -0.15) is 0 Å². The van der Waals surface area contributed by atoms with Crippen molar-refractivity contribution in [3.8, 4) is 0 Å². The van der Waals surface area contributed by atoms with Gasteiger partial charge in [0.2, 0.25) is 5.91 Å². The largest absolute Gasteiger partial charge is 0.391 e. The van der Waals surface area contributed by atoms with E-state index in [4.69, 9.17) is 4.74 Å². The third-order valence-electron chi connectivity index (χ3n) is 4.01. The molecule has 4 atom stereocenters. The SMILES string of the molecule is CCC1OCCC1C(=O)N[C@H]1CCCC[C@@H]1O. The van der Waals surface area contributed by atoms with Crippen molar-refractivity contribution in [3.05, 3.63) is 0 Å². The Labute approximate surface area is 103 Å². The lowest BCUT2D eigenvalue weighted by Gasteiger charge is -2.29.